The largest absolute Gasteiger partial charge is 0.416 e. The van der Waals surface area contributed by atoms with E-state index in [1.165, 1.54) is 4.31 Å². The van der Waals surface area contributed by atoms with E-state index in [1.807, 2.05) is 30.3 Å². The summed E-state index contributed by atoms with van der Waals surface area (Å²) in [6.45, 7) is 0.195. The molecule has 152 valence electrons. The fraction of sp³-hybridized carbons (Fsp3) is 0.190. The third-order valence-corrected chi connectivity index (χ3v) is 6.24. The summed E-state index contributed by atoms with van der Waals surface area (Å²) in [5, 5.41) is 0. The first-order chi connectivity index (χ1) is 13.8. The van der Waals surface area contributed by atoms with Gasteiger partial charge in [0.05, 0.1) is 22.7 Å². The van der Waals surface area contributed by atoms with Crippen LogP contribution in [0.15, 0.2) is 83.9 Å². The number of pyridine rings is 1. The molecule has 3 rings (SSSR count). The Hall–Kier alpha value is -2.71. The summed E-state index contributed by atoms with van der Waals surface area (Å²) in [5.41, 5.74) is 0.620. The lowest BCUT2D eigenvalue weighted by atomic mass is 10.1. The molecule has 3 aromatic rings. The van der Waals surface area contributed by atoms with Crippen LogP contribution >= 0.6 is 0 Å². The molecule has 29 heavy (non-hydrogen) atoms. The van der Waals surface area contributed by atoms with Crippen molar-refractivity contribution >= 4 is 10.0 Å². The zero-order valence-electron chi connectivity index (χ0n) is 15.4. The Morgan fingerprint density at radius 1 is 0.862 bits per heavy atom. The van der Waals surface area contributed by atoms with Gasteiger partial charge in [0, 0.05) is 12.7 Å². The van der Waals surface area contributed by atoms with Crippen molar-refractivity contribution in [2.45, 2.75) is 24.0 Å². The zero-order chi connectivity index (χ0) is 20.9. The molecule has 2 aromatic carbocycles. The summed E-state index contributed by atoms with van der Waals surface area (Å²) in [6, 6.07) is 18.1. The third kappa shape index (κ3) is 5.42. The van der Waals surface area contributed by atoms with Gasteiger partial charge in [0.2, 0.25) is 10.0 Å². The predicted molar refractivity (Wildman–Crippen MR) is 103 cm³/mol. The molecule has 0 saturated heterocycles. The number of nitrogens with zero attached hydrogens (tertiary/aromatic N) is 2. The molecule has 1 aromatic heterocycles. The van der Waals surface area contributed by atoms with Gasteiger partial charge in [0.1, 0.15) is 0 Å². The normalized spacial score (nSPS) is 12.3. The van der Waals surface area contributed by atoms with Crippen LogP contribution in [0.5, 0.6) is 0 Å². The topological polar surface area (TPSA) is 50.3 Å². The number of rotatable bonds is 7. The van der Waals surface area contributed by atoms with Crippen LogP contribution < -0.4 is 0 Å². The third-order valence-electron chi connectivity index (χ3n) is 4.38. The quantitative estimate of drug-likeness (QED) is 0.564. The summed E-state index contributed by atoms with van der Waals surface area (Å²) in [5.74, 6) is 0. The van der Waals surface area contributed by atoms with E-state index < -0.39 is 21.8 Å². The summed E-state index contributed by atoms with van der Waals surface area (Å²) in [6.07, 6.45) is -2.49. The maximum Gasteiger partial charge on any atom is 0.416 e. The highest BCUT2D eigenvalue weighted by Gasteiger charge is 2.31. The van der Waals surface area contributed by atoms with Crippen LogP contribution in [-0.4, -0.2) is 24.3 Å². The summed E-state index contributed by atoms with van der Waals surface area (Å²) >= 11 is 0. The lowest BCUT2D eigenvalue weighted by Crippen LogP contribution is -2.33. The number of halogens is 3. The molecule has 0 spiro atoms. The van der Waals surface area contributed by atoms with Crippen molar-refractivity contribution in [2.24, 2.45) is 0 Å². The average Bonchev–Trinajstić information content (AvgIpc) is 2.72. The zero-order valence-corrected chi connectivity index (χ0v) is 16.2. The summed E-state index contributed by atoms with van der Waals surface area (Å²) in [7, 11) is -4.01. The smallest absolute Gasteiger partial charge is 0.260 e. The highest BCUT2D eigenvalue weighted by Crippen LogP contribution is 2.30. The number of hydrogen-bond acceptors (Lipinski definition) is 3. The Bertz CT molecular complexity index is 1020. The van der Waals surface area contributed by atoms with Crippen molar-refractivity contribution < 1.29 is 21.6 Å². The van der Waals surface area contributed by atoms with Crippen molar-refractivity contribution in [2.75, 3.05) is 6.54 Å². The second-order valence-corrected chi connectivity index (χ2v) is 8.36. The van der Waals surface area contributed by atoms with Crippen LogP contribution in [0.25, 0.3) is 0 Å². The van der Waals surface area contributed by atoms with E-state index in [9.17, 15) is 21.6 Å². The first-order valence-electron chi connectivity index (χ1n) is 8.88. The van der Waals surface area contributed by atoms with E-state index in [2.05, 4.69) is 4.98 Å². The van der Waals surface area contributed by atoms with E-state index in [1.54, 1.807) is 24.4 Å². The van der Waals surface area contributed by atoms with E-state index in [4.69, 9.17) is 0 Å². The minimum atomic E-state index is -4.52. The minimum absolute atomic E-state index is 0.0248. The molecule has 0 N–H and O–H groups in total. The highest BCUT2D eigenvalue weighted by atomic mass is 32.2. The van der Waals surface area contributed by atoms with Crippen LogP contribution in [0.2, 0.25) is 0 Å². The van der Waals surface area contributed by atoms with Crippen LogP contribution in [-0.2, 0) is 29.2 Å². The van der Waals surface area contributed by atoms with Gasteiger partial charge in [-0.15, -0.1) is 0 Å². The van der Waals surface area contributed by atoms with Gasteiger partial charge in [-0.25, -0.2) is 8.42 Å². The summed E-state index contributed by atoms with van der Waals surface area (Å²) < 4.78 is 65.9. The molecule has 0 aliphatic heterocycles. The average molecular weight is 420 g/mol. The number of alkyl halides is 3. The Labute approximate surface area is 167 Å². The van der Waals surface area contributed by atoms with Crippen LogP contribution in [0.4, 0.5) is 13.2 Å². The fourth-order valence-electron chi connectivity index (χ4n) is 2.82. The molecular formula is C21H19F3N2O2S. The molecule has 0 unspecified atom stereocenters. The Morgan fingerprint density at radius 3 is 2.10 bits per heavy atom. The highest BCUT2D eigenvalue weighted by molar-refractivity contribution is 7.89. The summed E-state index contributed by atoms with van der Waals surface area (Å²) in [4.78, 5) is 3.99. The maximum atomic E-state index is 13.1. The van der Waals surface area contributed by atoms with Gasteiger partial charge in [-0.2, -0.15) is 17.5 Å². The van der Waals surface area contributed by atoms with Crippen LogP contribution in [0.3, 0.4) is 0 Å². The first kappa shape index (κ1) is 21.0. The van der Waals surface area contributed by atoms with E-state index in [0.717, 1.165) is 29.8 Å². The Kier molecular flexibility index (Phi) is 6.34. The predicted octanol–water partition coefficient (Wildman–Crippen LogP) is 4.53. The van der Waals surface area contributed by atoms with E-state index in [-0.39, 0.29) is 18.0 Å². The molecule has 8 heteroatoms. The van der Waals surface area contributed by atoms with Gasteiger partial charge in [-0.1, -0.05) is 36.4 Å². The molecular weight excluding hydrogens is 401 g/mol. The lowest BCUT2D eigenvalue weighted by molar-refractivity contribution is -0.137. The van der Waals surface area contributed by atoms with Crippen LogP contribution in [0, 0.1) is 0 Å². The number of benzene rings is 2. The number of sulfonamides is 1. The molecule has 0 aliphatic rings. The SMILES string of the molecule is O=S(=O)(c1ccc(C(F)(F)F)cc1)N(CCc1ccccc1)Cc1ccccn1. The van der Waals surface area contributed by atoms with Gasteiger partial charge in [-0.05, 0) is 48.4 Å². The second-order valence-electron chi connectivity index (χ2n) is 6.42. The van der Waals surface area contributed by atoms with Gasteiger partial charge in [-0.3, -0.25) is 4.98 Å². The Balaban J connectivity index is 1.88. The van der Waals surface area contributed by atoms with Crippen molar-refractivity contribution in [1.29, 1.82) is 0 Å². The molecule has 0 saturated carbocycles. The van der Waals surface area contributed by atoms with Gasteiger partial charge in [0.15, 0.2) is 0 Å². The van der Waals surface area contributed by atoms with Crippen molar-refractivity contribution in [3.8, 4) is 0 Å². The number of aromatic nitrogens is 1. The standard InChI is InChI=1S/C21H19F3N2O2S/c22-21(23,24)18-9-11-20(12-10-18)29(27,28)26(16-19-8-4-5-14-25-19)15-13-17-6-2-1-3-7-17/h1-12,14H,13,15-16H2. The fourth-order valence-corrected chi connectivity index (χ4v) is 4.23. The maximum absolute atomic E-state index is 13.1. The molecule has 0 atom stereocenters. The molecule has 0 fully saturated rings. The first-order valence-corrected chi connectivity index (χ1v) is 10.3. The van der Waals surface area contributed by atoms with E-state index >= 15 is 0 Å². The monoisotopic (exact) mass is 420 g/mol. The van der Waals surface area contributed by atoms with E-state index in [0.29, 0.717) is 12.1 Å². The minimum Gasteiger partial charge on any atom is -0.260 e. The molecule has 4 nitrogen and oxygen atoms in total. The van der Waals surface area contributed by atoms with Gasteiger partial charge in [0.25, 0.3) is 0 Å². The lowest BCUT2D eigenvalue weighted by Gasteiger charge is -2.22. The van der Waals surface area contributed by atoms with Gasteiger partial charge < -0.3 is 0 Å². The number of hydrogen-bond donors (Lipinski definition) is 0. The molecule has 1 heterocycles. The molecule has 0 amide bonds. The van der Waals surface area contributed by atoms with Crippen molar-refractivity contribution in [3.05, 3.63) is 95.8 Å². The van der Waals surface area contributed by atoms with Gasteiger partial charge >= 0.3 is 6.18 Å². The second kappa shape index (κ2) is 8.75. The Morgan fingerprint density at radius 2 is 1.52 bits per heavy atom. The van der Waals surface area contributed by atoms with Crippen molar-refractivity contribution in [3.63, 3.8) is 0 Å². The van der Waals surface area contributed by atoms with Crippen LogP contribution in [0.1, 0.15) is 16.8 Å². The molecule has 0 bridgehead atoms. The molecule has 0 radical (unpaired) electrons. The van der Waals surface area contributed by atoms with Crippen molar-refractivity contribution in [1.82, 2.24) is 9.29 Å². The molecule has 0 aliphatic carbocycles.